The van der Waals surface area contributed by atoms with Gasteiger partial charge in [0.15, 0.2) is 0 Å². The molecule has 2 rings (SSSR count). The van der Waals surface area contributed by atoms with Crippen LogP contribution in [0.4, 0.5) is 0 Å². The van der Waals surface area contributed by atoms with E-state index in [0.29, 0.717) is 13.2 Å². The summed E-state index contributed by atoms with van der Waals surface area (Å²) in [6.07, 6.45) is 1.42. The van der Waals surface area contributed by atoms with Crippen molar-refractivity contribution in [2.45, 2.75) is 18.9 Å². The largest absolute Gasteiger partial charge is 0.379 e. The van der Waals surface area contributed by atoms with Crippen molar-refractivity contribution in [1.29, 1.82) is 0 Å². The van der Waals surface area contributed by atoms with Crippen molar-refractivity contribution < 1.29 is 19.1 Å². The molecule has 0 aromatic rings. The second-order valence-electron chi connectivity index (χ2n) is 4.27. The summed E-state index contributed by atoms with van der Waals surface area (Å²) in [5.74, 6) is -0.163. The second kappa shape index (κ2) is 6.90. The molecule has 0 aromatic carbocycles. The predicted octanol–water partition coefficient (Wildman–Crippen LogP) is -0.455. The quantitative estimate of drug-likeness (QED) is 0.524. The van der Waals surface area contributed by atoms with Gasteiger partial charge in [0.2, 0.25) is 0 Å². The van der Waals surface area contributed by atoms with Crippen LogP contribution in [0, 0.1) is 0 Å². The van der Waals surface area contributed by atoms with E-state index in [4.69, 9.17) is 14.3 Å². The van der Waals surface area contributed by atoms with E-state index in [0.717, 1.165) is 45.7 Å². The molecule has 2 aliphatic heterocycles. The summed E-state index contributed by atoms with van der Waals surface area (Å²) in [6.45, 7) is 5.41. The number of carbonyl (C=O) groups excluding carboxylic acids is 1. The van der Waals surface area contributed by atoms with E-state index in [9.17, 15) is 4.79 Å². The smallest absolute Gasteiger partial charge is 0.272 e. The molecule has 6 nitrogen and oxygen atoms in total. The molecule has 0 radical (unpaired) electrons. The number of nitrogens with one attached hydrogen (secondary N) is 1. The van der Waals surface area contributed by atoms with E-state index in [1.54, 1.807) is 0 Å². The fraction of sp³-hybridized carbons (Fsp3) is 0.909. The topological polar surface area (TPSA) is 60.0 Å². The highest BCUT2D eigenvalue weighted by atomic mass is 16.7. The van der Waals surface area contributed by atoms with Gasteiger partial charge in [0.05, 0.1) is 19.8 Å². The Morgan fingerprint density at radius 2 is 2.18 bits per heavy atom. The molecule has 2 aliphatic rings. The average Bonchev–Trinajstić information content (AvgIpc) is 2.89. The maximum atomic E-state index is 11.5. The normalized spacial score (nSPS) is 26.0. The first-order valence-electron chi connectivity index (χ1n) is 6.19. The summed E-state index contributed by atoms with van der Waals surface area (Å²) in [4.78, 5) is 18.9. The Bertz CT molecular complexity index is 238. The molecule has 98 valence electrons. The Morgan fingerprint density at radius 1 is 1.35 bits per heavy atom. The van der Waals surface area contributed by atoms with Crippen LogP contribution in [0.5, 0.6) is 0 Å². The fourth-order valence-corrected chi connectivity index (χ4v) is 1.97. The minimum Gasteiger partial charge on any atom is -0.379 e. The molecule has 0 bridgehead atoms. The molecule has 2 fully saturated rings. The van der Waals surface area contributed by atoms with Crippen LogP contribution in [0.3, 0.4) is 0 Å². The van der Waals surface area contributed by atoms with Gasteiger partial charge < -0.3 is 9.47 Å². The van der Waals surface area contributed by atoms with E-state index in [1.165, 1.54) is 0 Å². The zero-order valence-corrected chi connectivity index (χ0v) is 10.0. The van der Waals surface area contributed by atoms with Crippen LogP contribution in [0.2, 0.25) is 0 Å². The van der Waals surface area contributed by atoms with Gasteiger partial charge in [-0.1, -0.05) is 0 Å². The van der Waals surface area contributed by atoms with Crippen LogP contribution in [-0.2, 0) is 19.1 Å². The zero-order valence-electron chi connectivity index (χ0n) is 10.0. The second-order valence-corrected chi connectivity index (χ2v) is 4.27. The maximum absolute atomic E-state index is 11.5. The van der Waals surface area contributed by atoms with E-state index in [1.807, 2.05) is 0 Å². The Labute approximate surface area is 101 Å². The van der Waals surface area contributed by atoms with E-state index in [-0.39, 0.29) is 12.0 Å². The van der Waals surface area contributed by atoms with Crippen molar-refractivity contribution in [1.82, 2.24) is 10.4 Å². The highest BCUT2D eigenvalue weighted by Crippen LogP contribution is 2.11. The molecule has 1 unspecified atom stereocenters. The van der Waals surface area contributed by atoms with Crippen molar-refractivity contribution in [3.8, 4) is 0 Å². The summed E-state index contributed by atoms with van der Waals surface area (Å²) in [5.41, 5.74) is 2.44. The fourth-order valence-electron chi connectivity index (χ4n) is 1.97. The first kappa shape index (κ1) is 12.8. The molecule has 1 N–H and O–H groups in total. The van der Waals surface area contributed by atoms with Gasteiger partial charge in [-0.25, -0.2) is 5.48 Å². The number of nitrogens with zero attached hydrogens (tertiary/aromatic N) is 1. The minimum absolute atomic E-state index is 0.163. The van der Waals surface area contributed by atoms with Crippen LogP contribution < -0.4 is 5.48 Å². The van der Waals surface area contributed by atoms with E-state index >= 15 is 0 Å². The van der Waals surface area contributed by atoms with Crippen molar-refractivity contribution in [2.75, 3.05) is 46.1 Å². The minimum atomic E-state index is -0.321. The number of hydrogen-bond acceptors (Lipinski definition) is 5. The molecule has 17 heavy (non-hydrogen) atoms. The molecule has 0 saturated carbocycles. The summed E-state index contributed by atoms with van der Waals surface area (Å²) >= 11 is 0. The molecule has 0 aliphatic carbocycles. The van der Waals surface area contributed by atoms with Crippen molar-refractivity contribution in [3.05, 3.63) is 0 Å². The third kappa shape index (κ3) is 4.23. The number of hydroxylamine groups is 1. The van der Waals surface area contributed by atoms with Crippen molar-refractivity contribution in [3.63, 3.8) is 0 Å². The molecule has 0 spiro atoms. The predicted molar refractivity (Wildman–Crippen MR) is 60.3 cm³/mol. The Hall–Kier alpha value is -0.690. The lowest BCUT2D eigenvalue weighted by atomic mass is 10.2. The standard InChI is InChI=1S/C11H20N2O4/c14-11(10-2-1-6-16-10)12-17-9-5-13-3-7-15-8-4-13/h10H,1-9H2,(H,12,14). The molecular formula is C11H20N2O4. The van der Waals surface area contributed by atoms with Crippen molar-refractivity contribution in [2.24, 2.45) is 0 Å². The van der Waals surface area contributed by atoms with Gasteiger partial charge in [0, 0.05) is 26.2 Å². The third-order valence-electron chi connectivity index (χ3n) is 3.01. The van der Waals surface area contributed by atoms with Gasteiger partial charge in [-0.15, -0.1) is 0 Å². The molecule has 0 aromatic heterocycles. The van der Waals surface area contributed by atoms with E-state index in [2.05, 4.69) is 10.4 Å². The highest BCUT2D eigenvalue weighted by molar-refractivity contribution is 5.79. The first-order valence-corrected chi connectivity index (χ1v) is 6.19. The lowest BCUT2D eigenvalue weighted by Gasteiger charge is -2.26. The van der Waals surface area contributed by atoms with Gasteiger partial charge in [0.1, 0.15) is 6.10 Å². The van der Waals surface area contributed by atoms with Crippen molar-refractivity contribution >= 4 is 5.91 Å². The zero-order chi connectivity index (χ0) is 11.9. The van der Waals surface area contributed by atoms with Gasteiger partial charge >= 0.3 is 0 Å². The van der Waals surface area contributed by atoms with Gasteiger partial charge in [0.25, 0.3) is 5.91 Å². The third-order valence-corrected chi connectivity index (χ3v) is 3.01. The molecule has 2 heterocycles. The Balaban J connectivity index is 1.51. The van der Waals surface area contributed by atoms with E-state index < -0.39 is 0 Å². The first-order chi connectivity index (χ1) is 8.36. The van der Waals surface area contributed by atoms with Gasteiger partial charge in [-0.3, -0.25) is 14.5 Å². The van der Waals surface area contributed by atoms with Gasteiger partial charge in [-0.2, -0.15) is 0 Å². The number of rotatable bonds is 5. The van der Waals surface area contributed by atoms with Crippen LogP contribution in [0.15, 0.2) is 0 Å². The molecule has 2 saturated heterocycles. The molecular weight excluding hydrogens is 224 g/mol. The highest BCUT2D eigenvalue weighted by Gasteiger charge is 2.23. The number of morpholine rings is 1. The van der Waals surface area contributed by atoms with Crippen LogP contribution in [-0.4, -0.2) is 63.0 Å². The lowest BCUT2D eigenvalue weighted by molar-refractivity contribution is -0.143. The number of hydrogen-bond donors (Lipinski definition) is 1. The molecule has 1 atom stereocenters. The molecule has 6 heteroatoms. The number of amides is 1. The summed E-state index contributed by atoms with van der Waals surface area (Å²) in [7, 11) is 0. The molecule has 1 amide bonds. The van der Waals surface area contributed by atoms with Gasteiger partial charge in [-0.05, 0) is 12.8 Å². The summed E-state index contributed by atoms with van der Waals surface area (Å²) in [5, 5.41) is 0. The average molecular weight is 244 g/mol. The maximum Gasteiger partial charge on any atom is 0.272 e. The Kier molecular flexibility index (Phi) is 5.18. The Morgan fingerprint density at radius 3 is 2.88 bits per heavy atom. The SMILES string of the molecule is O=C(NOCCN1CCOCC1)C1CCCO1. The lowest BCUT2D eigenvalue weighted by Crippen LogP contribution is -2.40. The number of carbonyl (C=O) groups is 1. The van der Waals surface area contributed by atoms with Crippen LogP contribution >= 0.6 is 0 Å². The number of ether oxygens (including phenoxy) is 2. The summed E-state index contributed by atoms with van der Waals surface area (Å²) in [6, 6.07) is 0. The van der Waals surface area contributed by atoms with Crippen LogP contribution in [0.1, 0.15) is 12.8 Å². The monoisotopic (exact) mass is 244 g/mol. The van der Waals surface area contributed by atoms with Crippen LogP contribution in [0.25, 0.3) is 0 Å². The summed E-state index contributed by atoms with van der Waals surface area (Å²) < 4.78 is 10.5.